The number of methoxy groups -OCH3 is 2. The van der Waals surface area contributed by atoms with Gasteiger partial charge in [0.1, 0.15) is 0 Å². The Bertz CT molecular complexity index is 517. The van der Waals surface area contributed by atoms with Crippen LogP contribution in [-0.4, -0.2) is 39.9 Å². The van der Waals surface area contributed by atoms with Crippen molar-refractivity contribution in [3.05, 3.63) is 28.8 Å². The fraction of sp³-hybridized carbons (Fsp3) is 0.438. The lowest BCUT2D eigenvalue weighted by atomic mass is 10.2. The SMILES string of the molecule is CCOc1cc(C=CC(=O)NCCCOC)cc(Cl)c1OC. The summed E-state index contributed by atoms with van der Waals surface area (Å²) in [5, 5.41) is 3.21. The van der Waals surface area contributed by atoms with Crippen molar-refractivity contribution in [2.45, 2.75) is 13.3 Å². The highest BCUT2D eigenvalue weighted by Gasteiger charge is 2.10. The summed E-state index contributed by atoms with van der Waals surface area (Å²) in [6.07, 6.45) is 3.92. The van der Waals surface area contributed by atoms with Crippen LogP contribution in [0.15, 0.2) is 18.2 Å². The molecule has 122 valence electrons. The Hall–Kier alpha value is -1.72. The van der Waals surface area contributed by atoms with E-state index in [1.807, 2.05) is 6.92 Å². The zero-order valence-electron chi connectivity index (χ0n) is 13.1. The van der Waals surface area contributed by atoms with Crippen LogP contribution in [0, 0.1) is 0 Å². The summed E-state index contributed by atoms with van der Waals surface area (Å²) in [4.78, 5) is 11.7. The quantitative estimate of drug-likeness (QED) is 0.559. The van der Waals surface area contributed by atoms with Gasteiger partial charge in [-0.2, -0.15) is 0 Å². The van der Waals surface area contributed by atoms with Crippen LogP contribution in [-0.2, 0) is 9.53 Å². The zero-order chi connectivity index (χ0) is 16.4. The molecule has 0 saturated carbocycles. The fourth-order valence-electron chi connectivity index (χ4n) is 1.80. The summed E-state index contributed by atoms with van der Waals surface area (Å²) < 4.78 is 15.6. The molecule has 22 heavy (non-hydrogen) atoms. The summed E-state index contributed by atoms with van der Waals surface area (Å²) >= 11 is 6.15. The molecular formula is C16H22ClNO4. The molecule has 0 aromatic heterocycles. The average Bonchev–Trinajstić information content (AvgIpc) is 2.50. The second-order valence-electron chi connectivity index (χ2n) is 4.44. The van der Waals surface area contributed by atoms with Crippen LogP contribution in [0.25, 0.3) is 6.08 Å². The smallest absolute Gasteiger partial charge is 0.244 e. The van der Waals surface area contributed by atoms with Gasteiger partial charge in [-0.05, 0) is 37.1 Å². The number of amides is 1. The first-order valence-electron chi connectivity index (χ1n) is 7.07. The standard InChI is InChI=1S/C16H22ClNO4/c1-4-22-14-11-12(10-13(17)16(14)21-3)6-7-15(19)18-8-5-9-20-2/h6-7,10-11H,4-5,8-9H2,1-3H3,(H,18,19). The van der Waals surface area contributed by atoms with E-state index in [9.17, 15) is 4.79 Å². The highest BCUT2D eigenvalue weighted by atomic mass is 35.5. The minimum Gasteiger partial charge on any atom is -0.491 e. The minimum atomic E-state index is -0.166. The van der Waals surface area contributed by atoms with E-state index in [4.69, 9.17) is 25.8 Å². The first-order chi connectivity index (χ1) is 10.6. The van der Waals surface area contributed by atoms with Gasteiger partial charge in [0.15, 0.2) is 11.5 Å². The largest absolute Gasteiger partial charge is 0.491 e. The van der Waals surface area contributed by atoms with Gasteiger partial charge in [0.05, 0.1) is 18.7 Å². The van der Waals surface area contributed by atoms with Gasteiger partial charge in [-0.3, -0.25) is 4.79 Å². The van der Waals surface area contributed by atoms with Crippen LogP contribution in [0.5, 0.6) is 11.5 Å². The van der Waals surface area contributed by atoms with Crippen molar-refractivity contribution < 1.29 is 19.0 Å². The van der Waals surface area contributed by atoms with E-state index in [2.05, 4.69) is 5.32 Å². The van der Waals surface area contributed by atoms with E-state index in [0.717, 1.165) is 12.0 Å². The monoisotopic (exact) mass is 327 g/mol. The number of ether oxygens (including phenoxy) is 3. The number of nitrogens with one attached hydrogen (secondary N) is 1. The van der Waals surface area contributed by atoms with Gasteiger partial charge >= 0.3 is 0 Å². The van der Waals surface area contributed by atoms with Gasteiger partial charge in [-0.25, -0.2) is 0 Å². The van der Waals surface area contributed by atoms with Gasteiger partial charge in [0.25, 0.3) is 0 Å². The summed E-state index contributed by atoms with van der Waals surface area (Å²) in [7, 11) is 3.16. The van der Waals surface area contributed by atoms with Crippen LogP contribution in [0.3, 0.4) is 0 Å². The number of benzene rings is 1. The normalized spacial score (nSPS) is 10.7. The molecule has 0 radical (unpaired) electrons. The molecule has 0 heterocycles. The number of carbonyl (C=O) groups excluding carboxylic acids is 1. The van der Waals surface area contributed by atoms with Gasteiger partial charge in [-0.1, -0.05) is 11.6 Å². The lowest BCUT2D eigenvalue weighted by Gasteiger charge is -2.11. The third-order valence-corrected chi connectivity index (χ3v) is 3.07. The van der Waals surface area contributed by atoms with Crippen LogP contribution >= 0.6 is 11.6 Å². The molecule has 0 aliphatic heterocycles. The Kier molecular flexibility index (Phi) is 8.40. The van der Waals surface area contributed by atoms with E-state index < -0.39 is 0 Å². The van der Waals surface area contributed by atoms with Crippen LogP contribution in [0.2, 0.25) is 5.02 Å². The van der Waals surface area contributed by atoms with E-state index in [1.165, 1.54) is 13.2 Å². The maximum absolute atomic E-state index is 11.7. The van der Waals surface area contributed by atoms with Crippen LogP contribution < -0.4 is 14.8 Å². The van der Waals surface area contributed by atoms with Crippen molar-refractivity contribution in [3.63, 3.8) is 0 Å². The number of rotatable bonds is 9. The number of halogens is 1. The van der Waals surface area contributed by atoms with Crippen molar-refractivity contribution in [1.82, 2.24) is 5.32 Å². The van der Waals surface area contributed by atoms with E-state index in [-0.39, 0.29) is 5.91 Å². The van der Waals surface area contributed by atoms with Gasteiger partial charge in [-0.15, -0.1) is 0 Å². The Morgan fingerprint density at radius 1 is 1.36 bits per heavy atom. The van der Waals surface area contributed by atoms with Crippen LogP contribution in [0.4, 0.5) is 0 Å². The second kappa shape index (κ2) is 10.1. The molecule has 0 saturated heterocycles. The maximum atomic E-state index is 11.7. The molecular weight excluding hydrogens is 306 g/mol. The summed E-state index contributed by atoms with van der Waals surface area (Å²) in [6, 6.07) is 3.50. The first kappa shape index (κ1) is 18.3. The number of carbonyl (C=O) groups is 1. The highest BCUT2D eigenvalue weighted by Crippen LogP contribution is 2.36. The van der Waals surface area contributed by atoms with E-state index in [1.54, 1.807) is 25.3 Å². The lowest BCUT2D eigenvalue weighted by molar-refractivity contribution is -0.116. The van der Waals surface area contributed by atoms with Gasteiger partial charge in [0, 0.05) is 26.3 Å². The topological polar surface area (TPSA) is 56.8 Å². The minimum absolute atomic E-state index is 0.166. The fourth-order valence-corrected chi connectivity index (χ4v) is 2.10. The molecule has 0 fully saturated rings. The second-order valence-corrected chi connectivity index (χ2v) is 4.85. The number of hydrogen-bond donors (Lipinski definition) is 1. The maximum Gasteiger partial charge on any atom is 0.244 e. The molecule has 1 amide bonds. The van der Waals surface area contributed by atoms with Crippen molar-refractivity contribution in [1.29, 1.82) is 0 Å². The third kappa shape index (κ3) is 5.95. The molecule has 0 aliphatic rings. The van der Waals surface area contributed by atoms with Gasteiger partial charge < -0.3 is 19.5 Å². The third-order valence-electron chi connectivity index (χ3n) is 2.79. The Morgan fingerprint density at radius 2 is 2.14 bits per heavy atom. The predicted octanol–water partition coefficient (Wildman–Crippen LogP) is 2.91. The molecule has 0 aliphatic carbocycles. The zero-order valence-corrected chi connectivity index (χ0v) is 13.9. The van der Waals surface area contributed by atoms with Crippen molar-refractivity contribution in [3.8, 4) is 11.5 Å². The lowest BCUT2D eigenvalue weighted by Crippen LogP contribution is -2.22. The molecule has 6 heteroatoms. The molecule has 1 aromatic carbocycles. The van der Waals surface area contributed by atoms with Gasteiger partial charge in [0.2, 0.25) is 5.91 Å². The molecule has 0 unspecified atom stereocenters. The van der Waals surface area contributed by atoms with Crippen LogP contribution in [0.1, 0.15) is 18.9 Å². The summed E-state index contributed by atoms with van der Waals surface area (Å²) in [6.45, 7) is 3.57. The van der Waals surface area contributed by atoms with Crippen molar-refractivity contribution in [2.75, 3.05) is 34.0 Å². The van der Waals surface area contributed by atoms with E-state index >= 15 is 0 Å². The molecule has 1 aromatic rings. The predicted molar refractivity (Wildman–Crippen MR) is 87.7 cm³/mol. The molecule has 0 atom stereocenters. The molecule has 5 nitrogen and oxygen atoms in total. The summed E-state index contributed by atoms with van der Waals surface area (Å²) in [5.74, 6) is 0.878. The van der Waals surface area contributed by atoms with E-state index in [0.29, 0.717) is 36.3 Å². The molecule has 1 N–H and O–H groups in total. The summed E-state index contributed by atoms with van der Waals surface area (Å²) in [5.41, 5.74) is 0.765. The molecule has 1 rings (SSSR count). The molecule has 0 spiro atoms. The van der Waals surface area contributed by atoms with Crippen molar-refractivity contribution in [2.24, 2.45) is 0 Å². The Morgan fingerprint density at radius 3 is 2.77 bits per heavy atom. The Labute approximate surface area is 136 Å². The van der Waals surface area contributed by atoms with Crippen molar-refractivity contribution >= 4 is 23.6 Å². The first-order valence-corrected chi connectivity index (χ1v) is 7.45. The average molecular weight is 328 g/mol. The number of hydrogen-bond acceptors (Lipinski definition) is 4. The highest BCUT2D eigenvalue weighted by molar-refractivity contribution is 6.32. The molecule has 0 bridgehead atoms. The Balaban J connectivity index is 2.72.